The molecule has 0 rings (SSSR count). The third-order valence-electron chi connectivity index (χ3n) is 12.8. The number of allylic oxidation sites excluding steroid dienone is 2. The fourth-order valence-electron chi connectivity index (χ4n) is 8.40. The number of carbonyl (C=O) groups excluding carboxylic acids is 1. The summed E-state index contributed by atoms with van der Waals surface area (Å²) in [6.45, 7) is 4.90. The van der Waals surface area contributed by atoms with E-state index in [0.717, 1.165) is 51.4 Å². The molecule has 0 aliphatic heterocycles. The Morgan fingerprint density at radius 1 is 0.524 bits per heavy atom. The Kier molecular flexibility index (Phi) is 45.8. The van der Waals surface area contributed by atoms with Crippen LogP contribution in [0, 0.1) is 0 Å². The number of phosphoric acid groups is 1. The first kappa shape index (κ1) is 62.2. The van der Waals surface area contributed by atoms with Crippen LogP contribution in [0.2, 0.25) is 0 Å². The summed E-state index contributed by atoms with van der Waals surface area (Å²) in [7, 11) is 1.62. The molecule has 3 N–H and O–H groups in total. The van der Waals surface area contributed by atoms with Crippen LogP contribution >= 0.6 is 7.82 Å². The van der Waals surface area contributed by atoms with Crippen molar-refractivity contribution in [3.63, 3.8) is 0 Å². The number of phosphoric ester groups is 1. The van der Waals surface area contributed by atoms with Gasteiger partial charge in [0.2, 0.25) is 5.91 Å². The number of amides is 1. The SMILES string of the molecule is CCCCCCC/C=C\CCCCCCCC(=O)NC(COP(=O)(O)OCC[N+](C)(C)C)C(O)CCCCCCCCCCCCCCCCCCCCCCCCCCCCC. The van der Waals surface area contributed by atoms with Gasteiger partial charge < -0.3 is 19.8 Å². The van der Waals surface area contributed by atoms with Crippen LogP contribution in [-0.2, 0) is 18.4 Å². The lowest BCUT2D eigenvalue weighted by Crippen LogP contribution is -2.46. The fraction of sp³-hybridized carbons (Fsp3) is 0.944. The van der Waals surface area contributed by atoms with Gasteiger partial charge in [-0.3, -0.25) is 13.8 Å². The van der Waals surface area contributed by atoms with E-state index in [2.05, 4.69) is 31.3 Å². The van der Waals surface area contributed by atoms with Crippen molar-refractivity contribution in [2.75, 3.05) is 40.9 Å². The number of hydrogen-bond donors (Lipinski definition) is 3. The number of nitrogens with zero attached hydrogens (tertiary/aromatic N) is 1. The molecular formula is C54H110N2O6P+. The van der Waals surface area contributed by atoms with Gasteiger partial charge >= 0.3 is 7.82 Å². The van der Waals surface area contributed by atoms with E-state index < -0.39 is 20.0 Å². The second-order valence-corrected chi connectivity index (χ2v) is 21.8. The molecule has 0 aliphatic carbocycles. The largest absolute Gasteiger partial charge is 0.472 e. The van der Waals surface area contributed by atoms with Gasteiger partial charge in [-0.25, -0.2) is 4.57 Å². The zero-order valence-corrected chi connectivity index (χ0v) is 43.7. The van der Waals surface area contributed by atoms with Gasteiger partial charge in [-0.15, -0.1) is 0 Å². The van der Waals surface area contributed by atoms with Gasteiger partial charge in [-0.05, 0) is 38.5 Å². The van der Waals surface area contributed by atoms with E-state index >= 15 is 0 Å². The average molecular weight is 914 g/mol. The molecule has 0 aromatic heterocycles. The molecule has 3 atom stereocenters. The highest BCUT2D eigenvalue weighted by Gasteiger charge is 2.28. The molecule has 1 amide bonds. The summed E-state index contributed by atoms with van der Waals surface area (Å²) in [5, 5.41) is 14.0. The molecule has 0 saturated carbocycles. The number of likely N-dealkylation sites (N-methyl/N-ethyl adjacent to an activating group) is 1. The molecule has 0 heterocycles. The van der Waals surface area contributed by atoms with E-state index in [4.69, 9.17) is 9.05 Å². The highest BCUT2D eigenvalue weighted by Crippen LogP contribution is 2.43. The van der Waals surface area contributed by atoms with E-state index in [1.165, 1.54) is 199 Å². The maximum absolute atomic E-state index is 12.9. The second kappa shape index (κ2) is 46.4. The fourth-order valence-corrected chi connectivity index (χ4v) is 9.13. The van der Waals surface area contributed by atoms with Gasteiger partial charge in [0.1, 0.15) is 13.2 Å². The molecule has 0 aromatic rings. The lowest BCUT2D eigenvalue weighted by atomic mass is 10.0. The summed E-state index contributed by atoms with van der Waals surface area (Å²) in [4.78, 5) is 23.2. The molecule has 0 bridgehead atoms. The Labute approximate surface area is 392 Å². The van der Waals surface area contributed by atoms with Gasteiger partial charge in [0.15, 0.2) is 0 Å². The normalized spacial score (nSPS) is 14.1. The molecule has 8 nitrogen and oxygen atoms in total. The smallest absolute Gasteiger partial charge is 0.391 e. The van der Waals surface area contributed by atoms with Crippen LogP contribution in [0.15, 0.2) is 12.2 Å². The lowest BCUT2D eigenvalue weighted by Gasteiger charge is -2.26. The van der Waals surface area contributed by atoms with E-state index in [9.17, 15) is 19.4 Å². The average Bonchev–Trinajstić information content (AvgIpc) is 3.24. The summed E-state index contributed by atoms with van der Waals surface area (Å²) < 4.78 is 23.7. The third kappa shape index (κ3) is 49.0. The van der Waals surface area contributed by atoms with Crippen molar-refractivity contribution in [2.45, 2.75) is 289 Å². The van der Waals surface area contributed by atoms with Crippen LogP contribution in [0.25, 0.3) is 0 Å². The number of quaternary nitrogens is 1. The first-order valence-electron chi connectivity index (χ1n) is 27.6. The topological polar surface area (TPSA) is 105 Å². The number of nitrogens with one attached hydrogen (secondary N) is 1. The minimum Gasteiger partial charge on any atom is -0.391 e. The Bertz CT molecular complexity index is 1040. The van der Waals surface area contributed by atoms with Gasteiger partial charge in [0.25, 0.3) is 0 Å². The Morgan fingerprint density at radius 3 is 1.22 bits per heavy atom. The predicted molar refractivity (Wildman–Crippen MR) is 272 cm³/mol. The lowest BCUT2D eigenvalue weighted by molar-refractivity contribution is -0.870. The molecule has 3 unspecified atom stereocenters. The number of aliphatic hydroxyl groups excluding tert-OH is 1. The molecular weight excluding hydrogens is 804 g/mol. The minimum absolute atomic E-state index is 0.0753. The maximum atomic E-state index is 12.9. The molecule has 376 valence electrons. The van der Waals surface area contributed by atoms with Crippen molar-refractivity contribution < 1.29 is 32.9 Å². The van der Waals surface area contributed by atoms with E-state index in [0.29, 0.717) is 23.9 Å². The standard InChI is InChI=1S/C54H109N2O6P/c1-6-8-10-12-14-16-18-20-22-23-24-25-26-27-28-29-30-31-32-33-34-35-37-39-41-43-45-47-53(57)52(51-62-63(59,60)61-50-49-56(3,4)5)55-54(58)48-46-44-42-40-38-36-21-19-17-15-13-11-9-7-2/h19,21,52-53,57H,6-18,20,22-51H2,1-5H3,(H-,55,58,59,60)/p+1/b21-19-. The summed E-state index contributed by atoms with van der Waals surface area (Å²) in [5.41, 5.74) is 0. The Balaban J connectivity index is 4.10. The third-order valence-corrected chi connectivity index (χ3v) is 13.7. The number of rotatable bonds is 51. The van der Waals surface area contributed by atoms with Gasteiger partial charge in [-0.1, -0.05) is 244 Å². The maximum Gasteiger partial charge on any atom is 0.472 e. The molecule has 63 heavy (non-hydrogen) atoms. The van der Waals surface area contributed by atoms with Gasteiger partial charge in [0, 0.05) is 6.42 Å². The monoisotopic (exact) mass is 914 g/mol. The molecule has 0 spiro atoms. The number of aliphatic hydroxyl groups is 1. The molecule has 0 radical (unpaired) electrons. The van der Waals surface area contributed by atoms with Crippen molar-refractivity contribution in [1.29, 1.82) is 0 Å². The Hall–Kier alpha value is -0.760. The summed E-state index contributed by atoms with van der Waals surface area (Å²) in [6, 6.07) is -0.762. The zero-order chi connectivity index (χ0) is 46.4. The minimum atomic E-state index is -4.32. The number of hydrogen-bond acceptors (Lipinski definition) is 5. The van der Waals surface area contributed by atoms with Crippen LogP contribution in [0.4, 0.5) is 0 Å². The van der Waals surface area contributed by atoms with Crippen molar-refractivity contribution in [1.82, 2.24) is 5.32 Å². The highest BCUT2D eigenvalue weighted by molar-refractivity contribution is 7.47. The number of unbranched alkanes of at least 4 members (excludes halogenated alkanes) is 36. The number of carbonyl (C=O) groups is 1. The van der Waals surface area contributed by atoms with Crippen LogP contribution in [-0.4, -0.2) is 73.4 Å². The van der Waals surface area contributed by atoms with Crippen LogP contribution in [0.3, 0.4) is 0 Å². The molecule has 0 saturated heterocycles. The molecule has 0 fully saturated rings. The Morgan fingerprint density at radius 2 is 0.857 bits per heavy atom. The van der Waals surface area contributed by atoms with Crippen LogP contribution in [0.5, 0.6) is 0 Å². The molecule has 0 aromatic carbocycles. The van der Waals surface area contributed by atoms with E-state index in [1.807, 2.05) is 21.1 Å². The van der Waals surface area contributed by atoms with Crippen molar-refractivity contribution >= 4 is 13.7 Å². The van der Waals surface area contributed by atoms with Crippen LogP contribution in [0.1, 0.15) is 277 Å². The zero-order valence-electron chi connectivity index (χ0n) is 42.8. The van der Waals surface area contributed by atoms with Crippen molar-refractivity contribution in [3.8, 4) is 0 Å². The van der Waals surface area contributed by atoms with Gasteiger partial charge in [0.05, 0.1) is 39.9 Å². The first-order valence-corrected chi connectivity index (χ1v) is 29.0. The highest BCUT2D eigenvalue weighted by atomic mass is 31.2. The van der Waals surface area contributed by atoms with Crippen molar-refractivity contribution in [3.05, 3.63) is 12.2 Å². The second-order valence-electron chi connectivity index (χ2n) is 20.3. The predicted octanol–water partition coefficient (Wildman–Crippen LogP) is 16.3. The van der Waals surface area contributed by atoms with E-state index in [-0.39, 0.29) is 19.1 Å². The van der Waals surface area contributed by atoms with Crippen molar-refractivity contribution in [2.24, 2.45) is 0 Å². The van der Waals surface area contributed by atoms with E-state index in [1.54, 1.807) is 0 Å². The summed E-state index contributed by atoms with van der Waals surface area (Å²) in [6.07, 6.45) is 55.5. The summed E-state index contributed by atoms with van der Waals surface area (Å²) >= 11 is 0. The quantitative estimate of drug-likeness (QED) is 0.0243. The van der Waals surface area contributed by atoms with Gasteiger partial charge in [-0.2, -0.15) is 0 Å². The first-order chi connectivity index (χ1) is 30.5. The molecule has 0 aliphatic rings. The van der Waals surface area contributed by atoms with Crippen LogP contribution < -0.4 is 5.32 Å². The summed E-state index contributed by atoms with van der Waals surface area (Å²) in [5.74, 6) is -0.150. The molecule has 9 heteroatoms.